The van der Waals surface area contributed by atoms with Gasteiger partial charge >= 0.3 is 0 Å². The highest BCUT2D eigenvalue weighted by atomic mass is 32.2. The normalized spacial score (nSPS) is 11.9. The number of aryl methyl sites for hydroxylation is 1. The van der Waals surface area contributed by atoms with Gasteiger partial charge in [0.05, 0.1) is 27.3 Å². The lowest BCUT2D eigenvalue weighted by Gasteiger charge is -2.10. The van der Waals surface area contributed by atoms with E-state index in [4.69, 9.17) is 9.97 Å². The number of aromatic nitrogens is 3. The van der Waals surface area contributed by atoms with E-state index in [-0.39, 0.29) is 4.90 Å². The van der Waals surface area contributed by atoms with Gasteiger partial charge in [0, 0.05) is 11.8 Å². The molecule has 0 saturated heterocycles. The summed E-state index contributed by atoms with van der Waals surface area (Å²) in [5.41, 5.74) is 6.69. The summed E-state index contributed by atoms with van der Waals surface area (Å²) >= 11 is 0. The van der Waals surface area contributed by atoms with Gasteiger partial charge in [-0.2, -0.15) is 0 Å². The van der Waals surface area contributed by atoms with E-state index in [0.29, 0.717) is 5.78 Å². The van der Waals surface area contributed by atoms with Gasteiger partial charge in [-0.1, -0.05) is 54.1 Å². The van der Waals surface area contributed by atoms with Gasteiger partial charge in [-0.15, -0.1) is 0 Å². The summed E-state index contributed by atoms with van der Waals surface area (Å²) in [4.78, 5) is 9.79. The number of para-hydroxylation sites is 2. The lowest BCUT2D eigenvalue weighted by molar-refractivity contribution is 0.602. The average Bonchev–Trinajstić information content (AvgIpc) is 3.12. The molecule has 0 bridgehead atoms. The van der Waals surface area contributed by atoms with Gasteiger partial charge in [0.25, 0.3) is 0 Å². The monoisotopic (exact) mass is 413 g/mol. The van der Waals surface area contributed by atoms with Crippen LogP contribution in [0.2, 0.25) is 0 Å². The van der Waals surface area contributed by atoms with Crippen LogP contribution >= 0.6 is 0 Å². The minimum absolute atomic E-state index is 0.289. The first-order valence-electron chi connectivity index (χ1n) is 9.56. The van der Waals surface area contributed by atoms with E-state index < -0.39 is 9.84 Å². The molecule has 3 aromatic carbocycles. The lowest BCUT2D eigenvalue weighted by Crippen LogP contribution is -1.99. The Morgan fingerprint density at radius 1 is 0.800 bits per heavy atom. The number of hydrogen-bond donors (Lipinski definition) is 0. The predicted octanol–water partition coefficient (Wildman–Crippen LogP) is 4.93. The average molecular weight is 414 g/mol. The van der Waals surface area contributed by atoms with E-state index in [0.717, 1.165) is 33.5 Å². The molecular weight excluding hydrogens is 394 g/mol. The van der Waals surface area contributed by atoms with Crippen molar-refractivity contribution < 1.29 is 8.42 Å². The standard InChI is InChI=1S/C24H19N3O2S/c1-16-7-9-18(10-8-16)23-15-21(17-11-13-19(14-12-17)30(2,28)29)26-24-25-20-5-3-4-6-22(20)27(23)24/h3-15H,1-2H3. The maximum absolute atomic E-state index is 11.8. The molecule has 0 saturated carbocycles. The SMILES string of the molecule is Cc1ccc(-c2cc(-c3ccc(S(C)(=O)=O)cc3)nc3nc4ccccc4n23)cc1. The second kappa shape index (κ2) is 6.78. The zero-order valence-corrected chi connectivity index (χ0v) is 17.4. The fraction of sp³-hybridized carbons (Fsp3) is 0.0833. The van der Waals surface area contributed by atoms with E-state index in [1.54, 1.807) is 24.3 Å². The summed E-state index contributed by atoms with van der Waals surface area (Å²) < 4.78 is 25.6. The van der Waals surface area contributed by atoms with Crippen LogP contribution in [0, 0.1) is 6.92 Å². The van der Waals surface area contributed by atoms with Crippen LogP contribution in [0.1, 0.15) is 5.56 Å². The van der Waals surface area contributed by atoms with Crippen LogP contribution in [0.25, 0.3) is 39.3 Å². The Bertz CT molecular complexity index is 1500. The Hall–Kier alpha value is -3.51. The van der Waals surface area contributed by atoms with Crippen molar-refractivity contribution >= 4 is 26.6 Å². The molecule has 5 rings (SSSR count). The van der Waals surface area contributed by atoms with Crippen LogP contribution in [-0.2, 0) is 9.84 Å². The third-order valence-corrected chi connectivity index (χ3v) is 6.33. The van der Waals surface area contributed by atoms with Crippen LogP contribution in [0.4, 0.5) is 0 Å². The van der Waals surface area contributed by atoms with Crippen LogP contribution in [0.15, 0.2) is 83.8 Å². The molecule has 148 valence electrons. The summed E-state index contributed by atoms with van der Waals surface area (Å²) in [6.07, 6.45) is 1.21. The quantitative estimate of drug-likeness (QED) is 0.421. The van der Waals surface area contributed by atoms with Crippen molar-refractivity contribution in [1.82, 2.24) is 14.4 Å². The number of imidazole rings is 1. The molecule has 0 fully saturated rings. The molecule has 0 aliphatic rings. The molecule has 2 heterocycles. The Kier molecular flexibility index (Phi) is 4.18. The number of hydrogen-bond acceptors (Lipinski definition) is 4. The first-order valence-corrected chi connectivity index (χ1v) is 11.4. The Morgan fingerprint density at radius 3 is 2.17 bits per heavy atom. The molecule has 5 aromatic rings. The lowest BCUT2D eigenvalue weighted by atomic mass is 10.1. The Labute approximate surface area is 174 Å². The summed E-state index contributed by atoms with van der Waals surface area (Å²) in [6, 6.07) is 25.2. The van der Waals surface area contributed by atoms with Crippen LogP contribution in [0.3, 0.4) is 0 Å². The van der Waals surface area contributed by atoms with Crippen LogP contribution in [0.5, 0.6) is 0 Å². The molecule has 5 nitrogen and oxygen atoms in total. The number of sulfone groups is 1. The van der Waals surface area contributed by atoms with Gasteiger partial charge in [-0.05, 0) is 42.8 Å². The largest absolute Gasteiger partial charge is 0.276 e. The summed E-state index contributed by atoms with van der Waals surface area (Å²) in [5.74, 6) is 0.608. The molecule has 2 aromatic heterocycles. The molecule has 0 spiro atoms. The molecule has 0 aliphatic heterocycles. The molecule has 0 amide bonds. The van der Waals surface area contributed by atoms with Crippen molar-refractivity contribution in [3.05, 3.63) is 84.4 Å². The van der Waals surface area contributed by atoms with Gasteiger partial charge in [0.15, 0.2) is 9.84 Å². The van der Waals surface area contributed by atoms with Gasteiger partial charge < -0.3 is 0 Å². The minimum atomic E-state index is -3.25. The molecule has 0 atom stereocenters. The minimum Gasteiger partial charge on any atom is -0.276 e. The molecule has 0 radical (unpaired) electrons. The second-order valence-electron chi connectivity index (χ2n) is 7.43. The van der Waals surface area contributed by atoms with Gasteiger partial charge in [0.2, 0.25) is 5.78 Å². The zero-order valence-electron chi connectivity index (χ0n) is 16.6. The van der Waals surface area contributed by atoms with E-state index >= 15 is 0 Å². The van der Waals surface area contributed by atoms with E-state index in [2.05, 4.69) is 35.6 Å². The summed E-state index contributed by atoms with van der Waals surface area (Å²) in [6.45, 7) is 2.06. The van der Waals surface area contributed by atoms with E-state index in [1.807, 2.05) is 30.3 Å². The number of fused-ring (bicyclic) bond motifs is 3. The highest BCUT2D eigenvalue weighted by Crippen LogP contribution is 2.30. The third-order valence-electron chi connectivity index (χ3n) is 5.20. The number of nitrogens with zero attached hydrogens (tertiary/aromatic N) is 3. The first kappa shape index (κ1) is 18.5. The predicted molar refractivity (Wildman–Crippen MR) is 119 cm³/mol. The maximum Gasteiger partial charge on any atom is 0.235 e. The number of benzene rings is 3. The van der Waals surface area contributed by atoms with Crippen molar-refractivity contribution in [2.24, 2.45) is 0 Å². The van der Waals surface area contributed by atoms with Crippen molar-refractivity contribution in [3.63, 3.8) is 0 Å². The Balaban J connectivity index is 1.78. The molecule has 30 heavy (non-hydrogen) atoms. The van der Waals surface area contributed by atoms with Crippen molar-refractivity contribution in [2.75, 3.05) is 6.26 Å². The Morgan fingerprint density at radius 2 is 1.47 bits per heavy atom. The summed E-state index contributed by atoms with van der Waals surface area (Å²) in [7, 11) is -3.25. The van der Waals surface area contributed by atoms with E-state index in [9.17, 15) is 8.42 Å². The first-order chi connectivity index (χ1) is 14.4. The fourth-order valence-corrected chi connectivity index (χ4v) is 4.25. The van der Waals surface area contributed by atoms with E-state index in [1.165, 1.54) is 11.8 Å². The summed E-state index contributed by atoms with van der Waals surface area (Å²) in [5, 5.41) is 0. The van der Waals surface area contributed by atoms with Crippen molar-refractivity contribution in [2.45, 2.75) is 11.8 Å². The maximum atomic E-state index is 11.8. The van der Waals surface area contributed by atoms with Crippen molar-refractivity contribution in [1.29, 1.82) is 0 Å². The topological polar surface area (TPSA) is 64.3 Å². The molecule has 0 aliphatic carbocycles. The zero-order chi connectivity index (χ0) is 20.9. The van der Waals surface area contributed by atoms with Gasteiger partial charge in [-0.3, -0.25) is 4.40 Å². The third kappa shape index (κ3) is 3.15. The van der Waals surface area contributed by atoms with Crippen molar-refractivity contribution in [3.8, 4) is 22.5 Å². The molecular formula is C24H19N3O2S. The molecule has 6 heteroatoms. The van der Waals surface area contributed by atoms with Crippen LogP contribution < -0.4 is 0 Å². The van der Waals surface area contributed by atoms with Gasteiger partial charge in [-0.25, -0.2) is 18.4 Å². The van der Waals surface area contributed by atoms with Gasteiger partial charge in [0.1, 0.15) is 0 Å². The fourth-order valence-electron chi connectivity index (χ4n) is 3.62. The smallest absolute Gasteiger partial charge is 0.235 e. The highest BCUT2D eigenvalue weighted by molar-refractivity contribution is 7.90. The number of rotatable bonds is 3. The highest BCUT2D eigenvalue weighted by Gasteiger charge is 2.15. The van der Waals surface area contributed by atoms with Crippen LogP contribution in [-0.4, -0.2) is 29.0 Å². The second-order valence-corrected chi connectivity index (χ2v) is 9.44. The molecule has 0 N–H and O–H groups in total. The molecule has 0 unspecified atom stereocenters.